The van der Waals surface area contributed by atoms with E-state index < -0.39 is 5.97 Å². The second kappa shape index (κ2) is 15.9. The Labute approximate surface area is 305 Å². The van der Waals surface area contributed by atoms with Gasteiger partial charge < -0.3 is 14.6 Å². The summed E-state index contributed by atoms with van der Waals surface area (Å²) >= 11 is 0. The van der Waals surface area contributed by atoms with E-state index in [1.54, 1.807) is 57.4 Å². The normalized spacial score (nSPS) is 12.0. The van der Waals surface area contributed by atoms with Gasteiger partial charge in [0.1, 0.15) is 17.2 Å². The van der Waals surface area contributed by atoms with E-state index in [1.165, 1.54) is 16.5 Å². The summed E-state index contributed by atoms with van der Waals surface area (Å²) in [4.78, 5) is 49.9. The van der Waals surface area contributed by atoms with Crippen molar-refractivity contribution < 1.29 is 33.8 Å². The minimum atomic E-state index is -1.06. The van der Waals surface area contributed by atoms with Crippen molar-refractivity contribution in [3.8, 4) is 17.2 Å². The number of anilines is 1. The molecule has 0 fully saturated rings. The number of carbonyl (C=O) groups excluding carboxylic acids is 3. The molecule has 0 atom stereocenters. The highest BCUT2D eigenvalue weighted by molar-refractivity contribution is 6.34. The highest BCUT2D eigenvalue weighted by atomic mass is 16.5. The van der Waals surface area contributed by atoms with E-state index in [1.807, 2.05) is 68.4 Å². The molecule has 0 saturated heterocycles. The van der Waals surface area contributed by atoms with Crippen molar-refractivity contribution in [3.63, 3.8) is 0 Å². The van der Waals surface area contributed by atoms with Gasteiger partial charge in [0, 0.05) is 16.9 Å². The first kappa shape index (κ1) is 38.8. The molecule has 6 rings (SSSR count). The number of imide groups is 1. The van der Waals surface area contributed by atoms with E-state index >= 15 is 0 Å². The number of carboxylic acid groups (broad SMARTS) is 1. The number of aromatic carboxylic acids is 1. The van der Waals surface area contributed by atoms with Gasteiger partial charge in [0.15, 0.2) is 5.78 Å². The SMILES string of the molecule is C.COc1ccc(C(C)(C)c2ccc(Oc3ccc4c(c3)C(=O)N(c3cccc(C)c3)C4=O)cc2)cc1.Cc1ccc(C(=O)O)c(C(=O)C(C)C)c1. The molecule has 1 N–H and O–H groups in total. The van der Waals surface area contributed by atoms with Gasteiger partial charge in [-0.3, -0.25) is 14.4 Å². The Kier molecular flexibility index (Phi) is 11.9. The van der Waals surface area contributed by atoms with Gasteiger partial charge in [-0.1, -0.05) is 83.1 Å². The number of fused-ring (bicyclic) bond motifs is 1. The Morgan fingerprint density at radius 3 is 1.79 bits per heavy atom. The average Bonchev–Trinajstić information content (AvgIpc) is 3.36. The maximum atomic E-state index is 13.1. The number of Topliss-reactive ketones (excluding diaryl/α,β-unsaturated/α-hetero) is 1. The van der Waals surface area contributed by atoms with Crippen molar-refractivity contribution in [3.05, 3.63) is 154 Å². The number of ketones is 1. The summed E-state index contributed by atoms with van der Waals surface area (Å²) in [5.74, 6) is -0.0607. The number of ether oxygens (including phenoxy) is 2. The third-order valence-electron chi connectivity index (χ3n) is 8.94. The lowest BCUT2D eigenvalue weighted by Crippen LogP contribution is -2.29. The molecule has 52 heavy (non-hydrogen) atoms. The number of aryl methyl sites for hydroxylation is 2. The molecule has 0 bridgehead atoms. The fourth-order valence-electron chi connectivity index (χ4n) is 5.89. The molecular weight excluding hydrogens is 654 g/mol. The van der Waals surface area contributed by atoms with Crippen LogP contribution in [0.3, 0.4) is 0 Å². The summed E-state index contributed by atoms with van der Waals surface area (Å²) < 4.78 is 11.3. The number of rotatable bonds is 9. The van der Waals surface area contributed by atoms with E-state index in [0.29, 0.717) is 33.9 Å². The van der Waals surface area contributed by atoms with E-state index in [9.17, 15) is 19.2 Å². The van der Waals surface area contributed by atoms with Gasteiger partial charge in [-0.05, 0) is 97.3 Å². The standard InChI is InChI=1S/C31H27NO4.C12H14O3.CH4/c1-20-6-5-7-23(18-20)32-29(33)27-17-16-26(19-28(27)30(32)34)36-25-14-10-22(11-15-25)31(2,3)21-8-12-24(35-4)13-9-21;1-7(2)11(13)10-6-8(3)4-5-9(10)12(14)15;/h5-19H,1-4H3;4-7H,1-3H3,(H,14,15);1H4. The zero-order valence-electron chi connectivity index (χ0n) is 29.8. The predicted octanol–water partition coefficient (Wildman–Crippen LogP) is 10.1. The Morgan fingerprint density at radius 2 is 1.23 bits per heavy atom. The largest absolute Gasteiger partial charge is 0.497 e. The molecule has 268 valence electrons. The quantitative estimate of drug-likeness (QED) is 0.120. The number of carbonyl (C=O) groups is 4. The number of amides is 2. The zero-order valence-corrected chi connectivity index (χ0v) is 29.8. The number of hydrogen-bond acceptors (Lipinski definition) is 6. The second-order valence-electron chi connectivity index (χ2n) is 13.3. The van der Waals surface area contributed by atoms with E-state index in [-0.39, 0.29) is 41.9 Å². The number of carboxylic acids is 1. The topological polar surface area (TPSA) is 110 Å². The summed E-state index contributed by atoms with van der Waals surface area (Å²) in [7, 11) is 1.66. The molecule has 1 heterocycles. The highest BCUT2D eigenvalue weighted by Crippen LogP contribution is 2.36. The van der Waals surface area contributed by atoms with Crippen molar-refractivity contribution in [2.45, 2.75) is 54.4 Å². The van der Waals surface area contributed by atoms with Crippen LogP contribution in [0, 0.1) is 19.8 Å². The molecule has 0 spiro atoms. The first-order valence-corrected chi connectivity index (χ1v) is 16.6. The Balaban J connectivity index is 0.000000320. The third kappa shape index (κ3) is 8.13. The van der Waals surface area contributed by atoms with Crippen LogP contribution in [-0.2, 0) is 5.41 Å². The van der Waals surface area contributed by atoms with Crippen molar-refractivity contribution in [2.24, 2.45) is 5.92 Å². The lowest BCUT2D eigenvalue weighted by Gasteiger charge is -2.26. The van der Waals surface area contributed by atoms with Crippen molar-refractivity contribution in [1.82, 2.24) is 0 Å². The molecule has 1 aliphatic heterocycles. The third-order valence-corrected chi connectivity index (χ3v) is 8.94. The summed E-state index contributed by atoms with van der Waals surface area (Å²) in [6.07, 6.45) is 0. The van der Waals surface area contributed by atoms with Gasteiger partial charge >= 0.3 is 5.97 Å². The second-order valence-corrected chi connectivity index (χ2v) is 13.3. The average molecular weight is 700 g/mol. The van der Waals surface area contributed by atoms with Crippen LogP contribution in [-0.4, -0.2) is 35.8 Å². The van der Waals surface area contributed by atoms with Crippen LogP contribution in [0.2, 0.25) is 0 Å². The minimum Gasteiger partial charge on any atom is -0.497 e. The molecule has 2 amide bonds. The fourth-order valence-corrected chi connectivity index (χ4v) is 5.89. The van der Waals surface area contributed by atoms with Crippen LogP contribution in [0.4, 0.5) is 5.69 Å². The molecule has 0 radical (unpaired) electrons. The predicted molar refractivity (Wildman–Crippen MR) is 204 cm³/mol. The van der Waals surface area contributed by atoms with Gasteiger partial charge in [-0.15, -0.1) is 0 Å². The number of hydrogen-bond donors (Lipinski definition) is 1. The van der Waals surface area contributed by atoms with E-state index in [2.05, 4.69) is 26.0 Å². The number of nitrogens with zero attached hydrogens (tertiary/aromatic N) is 1. The van der Waals surface area contributed by atoms with Crippen LogP contribution < -0.4 is 14.4 Å². The van der Waals surface area contributed by atoms with Gasteiger partial charge in [-0.25, -0.2) is 9.69 Å². The first-order chi connectivity index (χ1) is 24.2. The highest BCUT2D eigenvalue weighted by Gasteiger charge is 2.37. The summed E-state index contributed by atoms with van der Waals surface area (Å²) in [6, 6.07) is 33.2. The lowest BCUT2D eigenvalue weighted by molar-refractivity contribution is 0.0690. The molecule has 0 saturated carbocycles. The summed E-state index contributed by atoms with van der Waals surface area (Å²) in [5, 5.41) is 8.93. The maximum absolute atomic E-state index is 13.1. The fraction of sp³-hybridized carbons (Fsp3) is 0.227. The number of benzene rings is 5. The molecule has 1 aliphatic rings. The lowest BCUT2D eigenvalue weighted by atomic mass is 9.78. The van der Waals surface area contributed by atoms with Crippen LogP contribution >= 0.6 is 0 Å². The zero-order chi connectivity index (χ0) is 37.0. The van der Waals surface area contributed by atoms with Crippen molar-refractivity contribution in [2.75, 3.05) is 12.0 Å². The Morgan fingerprint density at radius 1 is 0.673 bits per heavy atom. The van der Waals surface area contributed by atoms with Gasteiger partial charge in [0.05, 0.1) is 29.5 Å². The van der Waals surface area contributed by atoms with Crippen molar-refractivity contribution in [1.29, 1.82) is 0 Å². The molecule has 0 aliphatic carbocycles. The Hall–Kier alpha value is -6.02. The van der Waals surface area contributed by atoms with Gasteiger partial charge in [-0.2, -0.15) is 0 Å². The minimum absolute atomic E-state index is 0. The van der Waals surface area contributed by atoms with Gasteiger partial charge in [0.2, 0.25) is 0 Å². The summed E-state index contributed by atoms with van der Waals surface area (Å²) in [5.41, 5.74) is 5.66. The molecule has 8 nitrogen and oxygen atoms in total. The van der Waals surface area contributed by atoms with Crippen LogP contribution in [0.15, 0.2) is 109 Å². The molecule has 0 unspecified atom stereocenters. The molecular formula is C44H45NO7. The first-order valence-electron chi connectivity index (χ1n) is 16.6. The van der Waals surface area contributed by atoms with E-state index in [4.69, 9.17) is 14.6 Å². The van der Waals surface area contributed by atoms with Crippen molar-refractivity contribution >= 4 is 29.3 Å². The van der Waals surface area contributed by atoms with Crippen LogP contribution in [0.25, 0.3) is 0 Å². The van der Waals surface area contributed by atoms with Crippen LogP contribution in [0.1, 0.15) is 98.8 Å². The summed E-state index contributed by atoms with van der Waals surface area (Å²) in [6.45, 7) is 11.6. The smallest absolute Gasteiger partial charge is 0.336 e. The molecule has 5 aromatic carbocycles. The monoisotopic (exact) mass is 699 g/mol. The van der Waals surface area contributed by atoms with Crippen LogP contribution in [0.5, 0.6) is 17.2 Å². The molecule has 8 heteroatoms. The van der Waals surface area contributed by atoms with Gasteiger partial charge in [0.25, 0.3) is 11.8 Å². The number of methoxy groups -OCH3 is 1. The maximum Gasteiger partial charge on any atom is 0.336 e. The van der Waals surface area contributed by atoms with E-state index in [0.717, 1.165) is 22.4 Å². The molecule has 5 aromatic rings. The molecule has 0 aromatic heterocycles. The Bertz CT molecular complexity index is 2110.